The lowest BCUT2D eigenvalue weighted by molar-refractivity contribution is -0.133. The van der Waals surface area contributed by atoms with Crippen molar-refractivity contribution in [3.63, 3.8) is 0 Å². The van der Waals surface area contributed by atoms with Gasteiger partial charge in [-0.15, -0.1) is 0 Å². The van der Waals surface area contributed by atoms with Gasteiger partial charge in [-0.05, 0) is 106 Å². The first-order valence-electron chi connectivity index (χ1n) is 11.1. The Morgan fingerprint density at radius 3 is 2.57 bits per heavy atom. The van der Waals surface area contributed by atoms with Crippen LogP contribution in [0.1, 0.15) is 72.6 Å². The molecular weight excluding hydrogens is 350 g/mol. The number of carboxylic acid groups (broad SMARTS) is 1. The van der Waals surface area contributed by atoms with E-state index >= 15 is 0 Å². The molecule has 0 saturated heterocycles. The summed E-state index contributed by atoms with van der Waals surface area (Å²) < 4.78 is 0. The number of aliphatic carboxylic acids is 1. The maximum Gasteiger partial charge on any atom is 0.331 e. The summed E-state index contributed by atoms with van der Waals surface area (Å²) in [5, 5.41) is 12.6. The van der Waals surface area contributed by atoms with Gasteiger partial charge in [0.1, 0.15) is 0 Å². The van der Waals surface area contributed by atoms with E-state index in [-0.39, 0.29) is 22.8 Å². The quantitative estimate of drug-likeness (QED) is 0.723. The Morgan fingerprint density at radius 2 is 1.89 bits per heavy atom. The highest BCUT2D eigenvalue weighted by atomic mass is 16.4. The molecule has 0 aliphatic heterocycles. The van der Waals surface area contributed by atoms with Crippen molar-refractivity contribution in [2.45, 2.75) is 78.2 Å². The first-order chi connectivity index (χ1) is 13.1. The molecule has 28 heavy (non-hydrogen) atoms. The summed E-state index contributed by atoms with van der Waals surface area (Å²) in [6.45, 7) is 8.56. The topological polar surface area (TPSA) is 66.4 Å². The van der Waals surface area contributed by atoms with Gasteiger partial charge in [-0.25, -0.2) is 4.79 Å². The van der Waals surface area contributed by atoms with Crippen LogP contribution >= 0.6 is 0 Å². The Bertz CT molecular complexity index is 743. The SMILES string of the molecule is CC(C)(C)NC(=O)[C@H]1CC[C@H]2[C@@H]3CC=C4C=C(C(=O)O)CC[C@@H]4[C@H]3CC[C@]12C. The molecule has 2 fully saturated rings. The molecule has 0 aromatic carbocycles. The van der Waals surface area contributed by atoms with Gasteiger partial charge >= 0.3 is 5.97 Å². The van der Waals surface area contributed by atoms with E-state index in [1.54, 1.807) is 0 Å². The van der Waals surface area contributed by atoms with Crippen molar-refractivity contribution in [3.05, 3.63) is 23.3 Å². The fraction of sp³-hybridized carbons (Fsp3) is 0.750. The van der Waals surface area contributed by atoms with Gasteiger partial charge in [-0.2, -0.15) is 0 Å². The van der Waals surface area contributed by atoms with Gasteiger partial charge in [0.25, 0.3) is 0 Å². The minimum Gasteiger partial charge on any atom is -0.478 e. The molecule has 4 nitrogen and oxygen atoms in total. The first-order valence-corrected chi connectivity index (χ1v) is 11.1. The standard InChI is InChI=1S/C24H35NO3/c1-23(2,3)25-21(26)20-10-9-19-18-8-5-14-13-15(22(27)28)6-7-16(14)17(18)11-12-24(19,20)4/h5,13,16-20H,6-12H2,1-4H3,(H,25,26)(H,27,28)/t16-,17+,18+,19-,20+,24-/m0/s1. The number of nitrogens with one attached hydrogen (secondary N) is 1. The smallest absolute Gasteiger partial charge is 0.331 e. The van der Waals surface area contributed by atoms with E-state index in [0.717, 1.165) is 32.1 Å². The van der Waals surface area contributed by atoms with Gasteiger partial charge in [0.05, 0.1) is 0 Å². The predicted molar refractivity (Wildman–Crippen MR) is 110 cm³/mol. The number of rotatable bonds is 2. The van der Waals surface area contributed by atoms with Crippen LogP contribution in [0.4, 0.5) is 0 Å². The van der Waals surface area contributed by atoms with Crippen LogP contribution in [-0.2, 0) is 9.59 Å². The molecule has 0 heterocycles. The van der Waals surface area contributed by atoms with Gasteiger partial charge in [-0.1, -0.05) is 13.0 Å². The third-order valence-electron chi connectivity index (χ3n) is 8.22. The van der Waals surface area contributed by atoms with Crippen LogP contribution in [0.25, 0.3) is 0 Å². The Morgan fingerprint density at radius 1 is 1.14 bits per heavy atom. The Hall–Kier alpha value is -1.58. The van der Waals surface area contributed by atoms with Crippen LogP contribution in [0, 0.1) is 35.0 Å². The second-order valence-electron chi connectivity index (χ2n) is 10.9. The van der Waals surface area contributed by atoms with Gasteiger partial charge in [0.15, 0.2) is 0 Å². The molecule has 4 heteroatoms. The van der Waals surface area contributed by atoms with E-state index in [2.05, 4.69) is 39.1 Å². The normalized spacial score (nSPS) is 39.8. The summed E-state index contributed by atoms with van der Waals surface area (Å²) in [6.07, 6.45) is 11.5. The van der Waals surface area contributed by atoms with Crippen molar-refractivity contribution in [2.24, 2.45) is 35.0 Å². The van der Waals surface area contributed by atoms with Crippen LogP contribution in [0.3, 0.4) is 0 Å². The third kappa shape index (κ3) is 3.23. The van der Waals surface area contributed by atoms with E-state index in [9.17, 15) is 14.7 Å². The Balaban J connectivity index is 1.55. The number of amides is 1. The van der Waals surface area contributed by atoms with E-state index in [4.69, 9.17) is 0 Å². The molecule has 0 aromatic heterocycles. The fourth-order valence-corrected chi connectivity index (χ4v) is 7.01. The highest BCUT2D eigenvalue weighted by Crippen LogP contribution is 2.63. The zero-order chi connectivity index (χ0) is 20.3. The van der Waals surface area contributed by atoms with E-state index in [0.29, 0.717) is 35.7 Å². The van der Waals surface area contributed by atoms with Crippen molar-refractivity contribution >= 4 is 11.9 Å². The maximum absolute atomic E-state index is 13.0. The maximum atomic E-state index is 13.0. The molecule has 0 unspecified atom stereocenters. The van der Waals surface area contributed by atoms with Crippen molar-refractivity contribution in [1.82, 2.24) is 5.32 Å². The minimum absolute atomic E-state index is 0.110. The lowest BCUT2D eigenvalue weighted by atomic mass is 9.52. The summed E-state index contributed by atoms with van der Waals surface area (Å²) in [4.78, 5) is 24.4. The van der Waals surface area contributed by atoms with Crippen molar-refractivity contribution in [1.29, 1.82) is 0 Å². The van der Waals surface area contributed by atoms with Gasteiger partial charge in [0, 0.05) is 17.0 Å². The highest BCUT2D eigenvalue weighted by molar-refractivity contribution is 5.87. The van der Waals surface area contributed by atoms with Crippen LogP contribution in [0.15, 0.2) is 23.3 Å². The summed E-state index contributed by atoms with van der Waals surface area (Å²) in [7, 11) is 0. The molecule has 4 rings (SSSR count). The molecule has 154 valence electrons. The molecule has 4 aliphatic rings. The third-order valence-corrected chi connectivity index (χ3v) is 8.22. The Kier molecular flexibility index (Phi) is 4.75. The van der Waals surface area contributed by atoms with Crippen molar-refractivity contribution < 1.29 is 14.7 Å². The average Bonchev–Trinajstić information content (AvgIpc) is 2.96. The molecule has 0 bridgehead atoms. The lowest BCUT2D eigenvalue weighted by Crippen LogP contribution is -2.51. The number of fused-ring (bicyclic) bond motifs is 5. The lowest BCUT2D eigenvalue weighted by Gasteiger charge is -2.53. The number of carbonyl (C=O) groups excluding carboxylic acids is 1. The molecule has 0 radical (unpaired) electrons. The molecule has 2 saturated carbocycles. The molecule has 0 aromatic rings. The molecule has 0 spiro atoms. The summed E-state index contributed by atoms with van der Waals surface area (Å²) in [5.74, 6) is 2.07. The number of carboxylic acids is 1. The van der Waals surface area contributed by atoms with Gasteiger partial charge in [0.2, 0.25) is 5.91 Å². The zero-order valence-electron chi connectivity index (χ0n) is 17.8. The molecule has 1 amide bonds. The molecular formula is C24H35NO3. The summed E-state index contributed by atoms with van der Waals surface area (Å²) >= 11 is 0. The molecule has 4 aliphatic carbocycles. The number of allylic oxidation sites excluding steroid dienone is 3. The van der Waals surface area contributed by atoms with Gasteiger partial charge < -0.3 is 10.4 Å². The zero-order valence-corrected chi connectivity index (χ0v) is 17.8. The minimum atomic E-state index is -0.763. The second-order valence-corrected chi connectivity index (χ2v) is 10.9. The summed E-state index contributed by atoms with van der Waals surface area (Å²) in [5.41, 5.74) is 1.77. The molecule has 6 atom stereocenters. The average molecular weight is 386 g/mol. The van der Waals surface area contributed by atoms with Crippen molar-refractivity contribution in [2.75, 3.05) is 0 Å². The fourth-order valence-electron chi connectivity index (χ4n) is 7.01. The van der Waals surface area contributed by atoms with Gasteiger partial charge in [-0.3, -0.25) is 4.79 Å². The van der Waals surface area contributed by atoms with Crippen LogP contribution in [-0.4, -0.2) is 22.5 Å². The molecule has 2 N–H and O–H groups in total. The van der Waals surface area contributed by atoms with Crippen LogP contribution in [0.2, 0.25) is 0 Å². The van der Waals surface area contributed by atoms with E-state index < -0.39 is 5.97 Å². The number of carbonyl (C=O) groups is 2. The largest absolute Gasteiger partial charge is 0.478 e. The number of hydrogen-bond donors (Lipinski definition) is 2. The number of hydrogen-bond acceptors (Lipinski definition) is 2. The van der Waals surface area contributed by atoms with Crippen LogP contribution < -0.4 is 5.32 Å². The van der Waals surface area contributed by atoms with E-state index in [1.807, 2.05) is 6.08 Å². The highest BCUT2D eigenvalue weighted by Gasteiger charge is 2.57. The monoisotopic (exact) mass is 385 g/mol. The predicted octanol–water partition coefficient (Wildman–Crippen LogP) is 4.71. The second kappa shape index (κ2) is 6.74. The van der Waals surface area contributed by atoms with Crippen molar-refractivity contribution in [3.8, 4) is 0 Å². The van der Waals surface area contributed by atoms with Crippen LogP contribution in [0.5, 0.6) is 0 Å². The Labute approximate surface area is 168 Å². The van der Waals surface area contributed by atoms with E-state index in [1.165, 1.54) is 12.0 Å². The first kappa shape index (κ1) is 19.7. The summed E-state index contributed by atoms with van der Waals surface area (Å²) in [6, 6.07) is 0.